The van der Waals surface area contributed by atoms with E-state index >= 15 is 0 Å². The van der Waals surface area contributed by atoms with Crippen molar-refractivity contribution in [1.29, 1.82) is 0 Å². The number of benzene rings is 1. The maximum atomic E-state index is 13.3. The van der Waals surface area contributed by atoms with E-state index in [1.54, 1.807) is 32.4 Å². The molecule has 2 atom stereocenters. The summed E-state index contributed by atoms with van der Waals surface area (Å²) in [5, 5.41) is 8.33. The van der Waals surface area contributed by atoms with Crippen LogP contribution in [0.3, 0.4) is 0 Å². The molecule has 1 unspecified atom stereocenters. The van der Waals surface area contributed by atoms with Crippen molar-refractivity contribution in [3.63, 3.8) is 0 Å². The van der Waals surface area contributed by atoms with Crippen LogP contribution in [0.15, 0.2) is 68.8 Å². The molecule has 12 heteroatoms. The van der Waals surface area contributed by atoms with Gasteiger partial charge < -0.3 is 9.30 Å². The highest BCUT2D eigenvalue weighted by atomic mass is 19.4. The smallest absolute Gasteiger partial charge is 0.434 e. The van der Waals surface area contributed by atoms with Crippen molar-refractivity contribution in [2.45, 2.75) is 63.7 Å². The highest BCUT2D eigenvalue weighted by molar-refractivity contribution is 6.16. The maximum Gasteiger partial charge on any atom is 0.434 e. The second-order valence-corrected chi connectivity index (χ2v) is 10.0. The van der Waals surface area contributed by atoms with E-state index in [9.17, 15) is 13.2 Å². The fourth-order valence-corrected chi connectivity index (χ4v) is 5.27. The van der Waals surface area contributed by atoms with Crippen LogP contribution in [0.25, 0.3) is 11.4 Å². The van der Waals surface area contributed by atoms with Gasteiger partial charge in [0.25, 0.3) is 0 Å². The SMILES string of the molecule is CCn1cc(C(F)(F)F)nc1-c1ccc(C(C)[C@H]2N=C(c3c(OC)ncnc3C3CCC3)N=C3N=NC=C32)cc1. The van der Waals surface area contributed by atoms with Gasteiger partial charge in [-0.3, -0.25) is 4.99 Å². The molecule has 4 heterocycles. The van der Waals surface area contributed by atoms with Crippen LogP contribution in [-0.4, -0.2) is 44.3 Å². The summed E-state index contributed by atoms with van der Waals surface area (Å²) in [6.07, 6.45) is 2.95. The first-order chi connectivity index (χ1) is 19.3. The number of amidine groups is 2. The molecular formula is C28H27F3N8O. The van der Waals surface area contributed by atoms with Gasteiger partial charge in [0.15, 0.2) is 17.4 Å². The molecule has 3 aliphatic rings. The Morgan fingerprint density at radius 1 is 1.10 bits per heavy atom. The first kappa shape index (κ1) is 26.0. The van der Waals surface area contributed by atoms with Crippen molar-refractivity contribution in [2.24, 2.45) is 20.2 Å². The quantitative estimate of drug-likeness (QED) is 0.344. The Morgan fingerprint density at radius 3 is 2.52 bits per heavy atom. The Labute approximate surface area is 228 Å². The van der Waals surface area contributed by atoms with E-state index in [-0.39, 0.29) is 17.8 Å². The number of aromatic nitrogens is 4. The highest BCUT2D eigenvalue weighted by Gasteiger charge is 2.37. The molecule has 2 aliphatic heterocycles. The Bertz CT molecular complexity index is 1570. The molecule has 0 spiro atoms. The number of fused-ring (bicyclic) bond motifs is 1. The summed E-state index contributed by atoms with van der Waals surface area (Å²) in [7, 11) is 1.57. The Balaban J connectivity index is 1.35. The van der Waals surface area contributed by atoms with Gasteiger partial charge in [-0.15, -0.1) is 5.11 Å². The van der Waals surface area contributed by atoms with Crippen LogP contribution >= 0.6 is 0 Å². The summed E-state index contributed by atoms with van der Waals surface area (Å²) < 4.78 is 46.9. The average molecular weight is 549 g/mol. The van der Waals surface area contributed by atoms with Gasteiger partial charge in [0.2, 0.25) is 5.88 Å². The molecule has 1 saturated carbocycles. The van der Waals surface area contributed by atoms with Gasteiger partial charge in [0.05, 0.1) is 25.0 Å². The average Bonchev–Trinajstić information content (AvgIpc) is 3.58. The number of nitrogens with zero attached hydrogens (tertiary/aromatic N) is 8. The lowest BCUT2D eigenvalue weighted by molar-refractivity contribution is -0.140. The van der Waals surface area contributed by atoms with Crippen LogP contribution in [0.4, 0.5) is 13.2 Å². The predicted octanol–water partition coefficient (Wildman–Crippen LogP) is 6.34. The molecule has 0 radical (unpaired) electrons. The predicted molar refractivity (Wildman–Crippen MR) is 143 cm³/mol. The summed E-state index contributed by atoms with van der Waals surface area (Å²) in [5.74, 6) is 1.83. The summed E-state index contributed by atoms with van der Waals surface area (Å²) >= 11 is 0. The van der Waals surface area contributed by atoms with Crippen molar-refractivity contribution in [3.05, 3.63) is 71.1 Å². The van der Waals surface area contributed by atoms with Crippen LogP contribution in [0.1, 0.15) is 67.5 Å². The lowest BCUT2D eigenvalue weighted by Gasteiger charge is -2.29. The fraction of sp³-hybridized carbons (Fsp3) is 0.393. The minimum Gasteiger partial charge on any atom is -0.480 e. The largest absolute Gasteiger partial charge is 0.480 e. The van der Waals surface area contributed by atoms with E-state index in [0.29, 0.717) is 41.1 Å². The number of aryl methyl sites for hydroxylation is 1. The van der Waals surface area contributed by atoms with Gasteiger partial charge in [0.1, 0.15) is 17.7 Å². The second-order valence-electron chi connectivity index (χ2n) is 10.0. The minimum absolute atomic E-state index is 0.122. The molecule has 3 aromatic rings. The van der Waals surface area contributed by atoms with E-state index in [2.05, 4.69) is 25.2 Å². The zero-order valence-corrected chi connectivity index (χ0v) is 22.2. The van der Waals surface area contributed by atoms with Gasteiger partial charge in [-0.1, -0.05) is 37.6 Å². The molecule has 40 heavy (non-hydrogen) atoms. The number of hydrogen-bond acceptors (Lipinski definition) is 8. The molecular weight excluding hydrogens is 521 g/mol. The molecule has 0 amide bonds. The number of azo groups is 1. The third-order valence-electron chi connectivity index (χ3n) is 7.73. The van der Waals surface area contributed by atoms with Gasteiger partial charge in [-0.25, -0.2) is 19.9 Å². The monoisotopic (exact) mass is 548 g/mol. The lowest BCUT2D eigenvalue weighted by Crippen LogP contribution is -2.28. The molecule has 6 rings (SSSR count). The number of halogens is 3. The van der Waals surface area contributed by atoms with Crippen molar-refractivity contribution in [2.75, 3.05) is 7.11 Å². The fourth-order valence-electron chi connectivity index (χ4n) is 5.27. The number of alkyl halides is 3. The normalized spacial score (nSPS) is 19.4. The second kappa shape index (κ2) is 10.1. The Kier molecular flexibility index (Phi) is 6.55. The van der Waals surface area contributed by atoms with Crippen LogP contribution in [0, 0.1) is 0 Å². The zero-order chi connectivity index (χ0) is 28.0. The number of methoxy groups -OCH3 is 1. The summed E-state index contributed by atoms with van der Waals surface area (Å²) in [6.45, 7) is 4.20. The Hall–Kier alpha value is -4.22. The topological polar surface area (TPSA) is 102 Å². The molecule has 0 bridgehead atoms. The summed E-state index contributed by atoms with van der Waals surface area (Å²) in [5.41, 5.74) is 3.01. The molecule has 9 nitrogen and oxygen atoms in total. The van der Waals surface area contributed by atoms with Crippen LogP contribution < -0.4 is 4.74 Å². The number of rotatable bonds is 7. The van der Waals surface area contributed by atoms with Gasteiger partial charge in [-0.2, -0.15) is 18.3 Å². The van der Waals surface area contributed by atoms with Crippen molar-refractivity contribution >= 4 is 11.7 Å². The van der Waals surface area contributed by atoms with E-state index in [1.807, 2.05) is 19.1 Å². The van der Waals surface area contributed by atoms with E-state index in [4.69, 9.17) is 14.7 Å². The maximum absolute atomic E-state index is 13.3. The van der Waals surface area contributed by atoms with Crippen LogP contribution in [0.2, 0.25) is 0 Å². The van der Waals surface area contributed by atoms with Crippen molar-refractivity contribution in [1.82, 2.24) is 19.5 Å². The number of aliphatic imine (C=N–C) groups is 2. The highest BCUT2D eigenvalue weighted by Crippen LogP contribution is 2.41. The third-order valence-corrected chi connectivity index (χ3v) is 7.73. The number of imidazole rings is 1. The lowest BCUT2D eigenvalue weighted by atomic mass is 9.81. The molecule has 206 valence electrons. The van der Waals surface area contributed by atoms with Crippen LogP contribution in [-0.2, 0) is 12.7 Å². The van der Waals surface area contributed by atoms with E-state index < -0.39 is 11.9 Å². The number of ether oxygens (including phenoxy) is 1. The molecule has 0 saturated heterocycles. The summed E-state index contributed by atoms with van der Waals surface area (Å²) in [6, 6.07) is 7.04. The zero-order valence-electron chi connectivity index (χ0n) is 22.2. The molecule has 0 N–H and O–H groups in total. The van der Waals surface area contributed by atoms with Crippen molar-refractivity contribution < 1.29 is 17.9 Å². The first-order valence-electron chi connectivity index (χ1n) is 13.2. The number of hydrogen-bond donors (Lipinski definition) is 0. The summed E-state index contributed by atoms with van der Waals surface area (Å²) in [4.78, 5) is 22.6. The molecule has 2 aromatic heterocycles. The van der Waals surface area contributed by atoms with E-state index in [0.717, 1.165) is 42.3 Å². The third kappa shape index (κ3) is 4.50. The van der Waals surface area contributed by atoms with E-state index in [1.165, 1.54) is 10.9 Å². The van der Waals surface area contributed by atoms with Gasteiger partial charge in [-0.05, 0) is 25.3 Å². The standard InChI is InChI=1S/C28H27F3N8O/c1-4-39-13-20(28(29,30)31)35-26(39)18-10-8-16(9-11-18)15(2)22-19-12-34-38-24(19)37-25(36-22)21-23(17-6-5-7-17)32-14-33-27(21)40-3/h8-15,17,22H,4-7H2,1-3H3/t15?,22-/m1/s1. The Morgan fingerprint density at radius 2 is 1.88 bits per heavy atom. The van der Waals surface area contributed by atoms with Gasteiger partial charge in [0, 0.05) is 35.7 Å². The molecule has 1 aromatic carbocycles. The molecule has 1 fully saturated rings. The van der Waals surface area contributed by atoms with Crippen molar-refractivity contribution in [3.8, 4) is 17.3 Å². The van der Waals surface area contributed by atoms with Gasteiger partial charge >= 0.3 is 6.18 Å². The molecule has 1 aliphatic carbocycles. The minimum atomic E-state index is -4.50. The first-order valence-corrected chi connectivity index (χ1v) is 13.2. The van der Waals surface area contributed by atoms with Crippen LogP contribution in [0.5, 0.6) is 5.88 Å².